The minimum Gasteiger partial charge on any atom is -0.390 e. The summed E-state index contributed by atoms with van der Waals surface area (Å²) < 4.78 is 0. The quantitative estimate of drug-likeness (QED) is 0.783. The van der Waals surface area contributed by atoms with Crippen molar-refractivity contribution in [2.24, 2.45) is 0 Å². The lowest BCUT2D eigenvalue weighted by Crippen LogP contribution is -2.26. The van der Waals surface area contributed by atoms with Crippen molar-refractivity contribution in [3.63, 3.8) is 0 Å². The third-order valence-corrected chi connectivity index (χ3v) is 3.06. The average molecular weight is 259 g/mol. The van der Waals surface area contributed by atoms with Crippen LogP contribution in [-0.4, -0.2) is 10.7 Å². The van der Waals surface area contributed by atoms with Crippen LogP contribution in [0.2, 0.25) is 10.0 Å². The fourth-order valence-corrected chi connectivity index (χ4v) is 2.05. The van der Waals surface area contributed by atoms with Crippen LogP contribution < -0.4 is 0 Å². The van der Waals surface area contributed by atoms with Gasteiger partial charge >= 0.3 is 0 Å². The Balaban J connectivity index is 2.75. The lowest BCUT2D eigenvalue weighted by atomic mass is 9.92. The zero-order valence-corrected chi connectivity index (χ0v) is 10.9. The van der Waals surface area contributed by atoms with Crippen molar-refractivity contribution in [1.29, 1.82) is 0 Å². The Morgan fingerprint density at radius 3 is 2.69 bits per heavy atom. The summed E-state index contributed by atoms with van der Waals surface area (Å²) in [4.78, 5) is 0. The number of benzene rings is 1. The van der Waals surface area contributed by atoms with E-state index in [2.05, 4.69) is 6.58 Å². The van der Waals surface area contributed by atoms with E-state index in [0.29, 0.717) is 22.9 Å². The van der Waals surface area contributed by atoms with Crippen LogP contribution in [0.3, 0.4) is 0 Å². The normalized spacial score (nSPS) is 14.5. The maximum atomic E-state index is 10.2. The molecule has 0 aliphatic heterocycles. The highest BCUT2D eigenvalue weighted by Gasteiger charge is 2.21. The predicted octanol–water partition coefficient (Wildman–Crippen LogP) is 4.25. The highest BCUT2D eigenvalue weighted by Crippen LogP contribution is 2.26. The lowest BCUT2D eigenvalue weighted by molar-refractivity contribution is 0.0523. The molecule has 88 valence electrons. The zero-order chi connectivity index (χ0) is 12.2. The third-order valence-electron chi connectivity index (χ3n) is 2.47. The molecule has 1 rings (SSSR count). The molecule has 0 bridgehead atoms. The number of allylic oxidation sites excluding steroid dienone is 1. The molecule has 1 atom stereocenters. The lowest BCUT2D eigenvalue weighted by Gasteiger charge is -2.23. The van der Waals surface area contributed by atoms with Crippen molar-refractivity contribution in [1.82, 2.24) is 0 Å². The monoisotopic (exact) mass is 258 g/mol. The number of hydrogen-bond donors (Lipinski definition) is 1. The van der Waals surface area contributed by atoms with Gasteiger partial charge in [0, 0.05) is 16.5 Å². The number of halogens is 2. The van der Waals surface area contributed by atoms with Crippen LogP contribution in [0.15, 0.2) is 30.9 Å². The minimum atomic E-state index is -0.758. The van der Waals surface area contributed by atoms with Crippen molar-refractivity contribution in [3.8, 4) is 0 Å². The molecule has 1 aromatic carbocycles. The van der Waals surface area contributed by atoms with E-state index in [-0.39, 0.29) is 0 Å². The van der Waals surface area contributed by atoms with Crippen LogP contribution in [0.5, 0.6) is 0 Å². The Hall–Kier alpha value is -0.500. The van der Waals surface area contributed by atoms with E-state index in [1.54, 1.807) is 25.1 Å². The second-order valence-electron chi connectivity index (χ2n) is 4.24. The van der Waals surface area contributed by atoms with E-state index in [0.717, 1.165) is 12.0 Å². The summed E-state index contributed by atoms with van der Waals surface area (Å²) in [7, 11) is 0. The standard InChI is InChI=1S/C13H16Cl2O/c1-3-4-7-13(2,16)9-10-5-6-11(14)8-12(10)15/h3,5-6,8,16H,1,4,7,9H2,2H3. The summed E-state index contributed by atoms with van der Waals surface area (Å²) >= 11 is 11.9. The molecule has 16 heavy (non-hydrogen) atoms. The van der Waals surface area contributed by atoms with E-state index in [1.807, 2.05) is 6.07 Å². The van der Waals surface area contributed by atoms with E-state index >= 15 is 0 Å². The second-order valence-corrected chi connectivity index (χ2v) is 5.08. The Labute approximate surface area is 107 Å². The van der Waals surface area contributed by atoms with Gasteiger partial charge in [-0.1, -0.05) is 35.3 Å². The molecule has 0 saturated heterocycles. The molecule has 1 nitrogen and oxygen atoms in total. The smallest absolute Gasteiger partial charge is 0.0663 e. The molecule has 0 spiro atoms. The highest BCUT2D eigenvalue weighted by molar-refractivity contribution is 6.35. The number of rotatable bonds is 5. The molecule has 3 heteroatoms. The van der Waals surface area contributed by atoms with Crippen LogP contribution in [0.1, 0.15) is 25.3 Å². The van der Waals surface area contributed by atoms with Gasteiger partial charge in [0.2, 0.25) is 0 Å². The van der Waals surface area contributed by atoms with Crippen LogP contribution >= 0.6 is 23.2 Å². The number of aliphatic hydroxyl groups is 1. The van der Waals surface area contributed by atoms with Crippen molar-refractivity contribution in [2.45, 2.75) is 31.8 Å². The van der Waals surface area contributed by atoms with E-state index in [4.69, 9.17) is 23.2 Å². The van der Waals surface area contributed by atoms with Crippen molar-refractivity contribution >= 4 is 23.2 Å². The first kappa shape index (κ1) is 13.6. The maximum absolute atomic E-state index is 10.2. The van der Waals surface area contributed by atoms with E-state index in [9.17, 15) is 5.11 Å². The molecule has 1 unspecified atom stereocenters. The van der Waals surface area contributed by atoms with Gasteiger partial charge in [-0.05, 0) is 37.5 Å². The second kappa shape index (κ2) is 5.72. The SMILES string of the molecule is C=CCCC(C)(O)Cc1ccc(Cl)cc1Cl. The van der Waals surface area contributed by atoms with Gasteiger partial charge in [0.05, 0.1) is 5.60 Å². The van der Waals surface area contributed by atoms with Gasteiger partial charge in [0.15, 0.2) is 0 Å². The van der Waals surface area contributed by atoms with Crippen LogP contribution in [0.4, 0.5) is 0 Å². The van der Waals surface area contributed by atoms with Crippen LogP contribution in [-0.2, 0) is 6.42 Å². The minimum absolute atomic E-state index is 0.525. The van der Waals surface area contributed by atoms with E-state index in [1.165, 1.54) is 0 Å². The Morgan fingerprint density at radius 2 is 2.12 bits per heavy atom. The van der Waals surface area contributed by atoms with Gasteiger partial charge in [-0.2, -0.15) is 0 Å². The predicted molar refractivity (Wildman–Crippen MR) is 70.2 cm³/mol. The average Bonchev–Trinajstić information content (AvgIpc) is 2.19. The largest absolute Gasteiger partial charge is 0.390 e. The molecule has 0 aliphatic rings. The Kier molecular flexibility index (Phi) is 4.85. The summed E-state index contributed by atoms with van der Waals surface area (Å²) in [6.07, 6.45) is 3.79. The molecule has 1 N–H and O–H groups in total. The van der Waals surface area contributed by atoms with Gasteiger partial charge in [-0.3, -0.25) is 0 Å². The topological polar surface area (TPSA) is 20.2 Å². The van der Waals surface area contributed by atoms with Gasteiger partial charge < -0.3 is 5.11 Å². The molecule has 0 aromatic heterocycles. The van der Waals surface area contributed by atoms with Gasteiger partial charge in [-0.15, -0.1) is 6.58 Å². The molecule has 1 aromatic rings. The van der Waals surface area contributed by atoms with Crippen molar-refractivity contribution in [3.05, 3.63) is 46.5 Å². The molecule has 0 amide bonds. The first-order chi connectivity index (χ1) is 7.44. The summed E-state index contributed by atoms with van der Waals surface area (Å²) in [6, 6.07) is 5.33. The fourth-order valence-electron chi connectivity index (χ4n) is 1.58. The molecule has 0 heterocycles. The molecule has 0 radical (unpaired) electrons. The van der Waals surface area contributed by atoms with Crippen molar-refractivity contribution in [2.75, 3.05) is 0 Å². The molecule has 0 fully saturated rings. The van der Waals surface area contributed by atoms with Gasteiger partial charge in [-0.25, -0.2) is 0 Å². The summed E-state index contributed by atoms with van der Waals surface area (Å²) in [5, 5.41) is 11.4. The molecule has 0 aliphatic carbocycles. The van der Waals surface area contributed by atoms with Crippen molar-refractivity contribution < 1.29 is 5.11 Å². The Morgan fingerprint density at radius 1 is 1.44 bits per heavy atom. The third kappa shape index (κ3) is 4.17. The maximum Gasteiger partial charge on any atom is 0.0663 e. The number of hydrogen-bond acceptors (Lipinski definition) is 1. The molecule has 0 saturated carbocycles. The first-order valence-corrected chi connectivity index (χ1v) is 5.97. The van der Waals surface area contributed by atoms with Gasteiger partial charge in [0.1, 0.15) is 0 Å². The Bertz CT molecular complexity index is 372. The van der Waals surface area contributed by atoms with Crippen LogP contribution in [0, 0.1) is 0 Å². The highest BCUT2D eigenvalue weighted by atomic mass is 35.5. The summed E-state index contributed by atoms with van der Waals surface area (Å²) in [5.74, 6) is 0. The van der Waals surface area contributed by atoms with E-state index < -0.39 is 5.60 Å². The van der Waals surface area contributed by atoms with Gasteiger partial charge in [0.25, 0.3) is 0 Å². The molecular formula is C13H16Cl2O. The summed E-state index contributed by atoms with van der Waals surface area (Å²) in [5.41, 5.74) is 0.159. The first-order valence-electron chi connectivity index (χ1n) is 5.22. The summed E-state index contributed by atoms with van der Waals surface area (Å²) in [6.45, 7) is 5.45. The molecular weight excluding hydrogens is 243 g/mol. The zero-order valence-electron chi connectivity index (χ0n) is 9.34. The fraction of sp³-hybridized carbons (Fsp3) is 0.385. The van der Waals surface area contributed by atoms with Crippen LogP contribution in [0.25, 0.3) is 0 Å².